The Morgan fingerprint density at radius 2 is 2.28 bits per heavy atom. The Balaban J connectivity index is 2.35. The number of carbonyl (C=O) groups is 1. The largest absolute Gasteiger partial charge is 0.480 e. The van der Waals surface area contributed by atoms with Crippen LogP contribution in [0.4, 0.5) is 5.69 Å². The van der Waals surface area contributed by atoms with E-state index in [1.165, 1.54) is 0 Å². The Hall–Kier alpha value is -1.54. The Kier molecular flexibility index (Phi) is 3.31. The molecule has 1 saturated carbocycles. The molecular formula is C13H13BrN2O2. The van der Waals surface area contributed by atoms with Crippen molar-refractivity contribution in [1.82, 2.24) is 0 Å². The Labute approximate surface area is 114 Å². The van der Waals surface area contributed by atoms with E-state index in [0.29, 0.717) is 11.3 Å². The number of carboxylic acid groups (broad SMARTS) is 1. The quantitative estimate of drug-likeness (QED) is 0.897. The Morgan fingerprint density at radius 1 is 1.61 bits per heavy atom. The third-order valence-corrected chi connectivity index (χ3v) is 3.83. The van der Waals surface area contributed by atoms with Crippen LogP contribution in [-0.2, 0) is 4.79 Å². The van der Waals surface area contributed by atoms with Gasteiger partial charge in [0, 0.05) is 4.47 Å². The van der Waals surface area contributed by atoms with Gasteiger partial charge in [-0.2, -0.15) is 5.26 Å². The van der Waals surface area contributed by atoms with Crippen LogP contribution in [0, 0.1) is 17.2 Å². The van der Waals surface area contributed by atoms with Crippen molar-refractivity contribution >= 4 is 27.6 Å². The van der Waals surface area contributed by atoms with E-state index in [-0.39, 0.29) is 5.92 Å². The monoisotopic (exact) mass is 308 g/mol. The van der Waals surface area contributed by atoms with Crippen LogP contribution in [0.25, 0.3) is 0 Å². The second-order valence-electron chi connectivity index (χ2n) is 4.71. The van der Waals surface area contributed by atoms with E-state index in [9.17, 15) is 9.90 Å². The minimum atomic E-state index is -1.01. The molecule has 1 aliphatic rings. The van der Waals surface area contributed by atoms with Crippen LogP contribution in [0.15, 0.2) is 22.7 Å². The molecule has 1 aliphatic carbocycles. The number of carboxylic acids is 1. The maximum absolute atomic E-state index is 11.4. The molecule has 1 unspecified atom stereocenters. The van der Waals surface area contributed by atoms with Gasteiger partial charge in [-0.3, -0.25) is 0 Å². The van der Waals surface area contributed by atoms with E-state index in [1.807, 2.05) is 0 Å². The van der Waals surface area contributed by atoms with Gasteiger partial charge in [0.25, 0.3) is 0 Å². The van der Waals surface area contributed by atoms with Crippen LogP contribution in [0.2, 0.25) is 0 Å². The van der Waals surface area contributed by atoms with Crippen molar-refractivity contribution < 1.29 is 9.90 Å². The van der Waals surface area contributed by atoms with Gasteiger partial charge in [0.15, 0.2) is 0 Å². The standard InChI is InChI=1S/C13H13BrN2O2/c1-13(12(17)18,9-3-4-9)16-11-6-10(14)5-2-8(11)7-15/h2,5-6,9,16H,3-4H2,1H3,(H,17,18). The smallest absolute Gasteiger partial charge is 0.329 e. The van der Waals surface area contributed by atoms with E-state index in [1.54, 1.807) is 25.1 Å². The Bertz CT molecular complexity index is 534. The highest BCUT2D eigenvalue weighted by atomic mass is 79.9. The molecule has 0 aliphatic heterocycles. The van der Waals surface area contributed by atoms with E-state index < -0.39 is 11.5 Å². The predicted molar refractivity (Wildman–Crippen MR) is 71.2 cm³/mol. The third kappa shape index (κ3) is 2.34. The molecule has 0 bridgehead atoms. The molecule has 18 heavy (non-hydrogen) atoms. The van der Waals surface area contributed by atoms with Crippen molar-refractivity contribution in [3.8, 4) is 6.07 Å². The zero-order valence-electron chi connectivity index (χ0n) is 9.90. The summed E-state index contributed by atoms with van der Waals surface area (Å²) in [6.45, 7) is 1.68. The van der Waals surface area contributed by atoms with Crippen molar-refractivity contribution in [3.63, 3.8) is 0 Å². The summed E-state index contributed by atoms with van der Waals surface area (Å²) in [5.74, 6) is -0.755. The average Bonchev–Trinajstić information content (AvgIpc) is 3.13. The number of nitriles is 1. The van der Waals surface area contributed by atoms with E-state index in [0.717, 1.165) is 17.3 Å². The number of nitrogens with one attached hydrogen (secondary N) is 1. The number of hydrogen-bond acceptors (Lipinski definition) is 3. The first-order valence-electron chi connectivity index (χ1n) is 5.68. The Morgan fingerprint density at radius 3 is 2.78 bits per heavy atom. The fraction of sp³-hybridized carbons (Fsp3) is 0.385. The summed E-state index contributed by atoms with van der Waals surface area (Å²) >= 11 is 3.33. The van der Waals surface area contributed by atoms with Gasteiger partial charge in [-0.15, -0.1) is 0 Å². The van der Waals surface area contributed by atoms with Crippen molar-refractivity contribution in [2.75, 3.05) is 5.32 Å². The van der Waals surface area contributed by atoms with Gasteiger partial charge < -0.3 is 10.4 Å². The molecule has 4 nitrogen and oxygen atoms in total. The minimum absolute atomic E-state index is 0.125. The molecule has 0 heterocycles. The molecule has 0 amide bonds. The molecular weight excluding hydrogens is 296 g/mol. The highest BCUT2D eigenvalue weighted by Crippen LogP contribution is 2.42. The number of anilines is 1. The molecule has 2 rings (SSSR count). The second-order valence-corrected chi connectivity index (χ2v) is 5.62. The summed E-state index contributed by atoms with van der Waals surface area (Å²) in [6, 6.07) is 7.24. The first-order valence-corrected chi connectivity index (χ1v) is 6.48. The van der Waals surface area contributed by atoms with Crippen LogP contribution in [0.5, 0.6) is 0 Å². The van der Waals surface area contributed by atoms with Gasteiger partial charge in [0.1, 0.15) is 11.6 Å². The number of halogens is 1. The molecule has 0 radical (unpaired) electrons. The fourth-order valence-corrected chi connectivity index (χ4v) is 2.35. The van der Waals surface area contributed by atoms with Crippen molar-refractivity contribution in [1.29, 1.82) is 5.26 Å². The molecule has 2 N–H and O–H groups in total. The fourth-order valence-electron chi connectivity index (χ4n) is 1.99. The van der Waals surface area contributed by atoms with Crippen molar-refractivity contribution in [2.45, 2.75) is 25.3 Å². The van der Waals surface area contributed by atoms with Gasteiger partial charge in [0.2, 0.25) is 0 Å². The molecule has 5 heteroatoms. The lowest BCUT2D eigenvalue weighted by molar-refractivity contribution is -0.142. The minimum Gasteiger partial charge on any atom is -0.480 e. The summed E-state index contributed by atoms with van der Waals surface area (Å²) in [4.78, 5) is 11.4. The molecule has 1 atom stereocenters. The summed E-state index contributed by atoms with van der Waals surface area (Å²) < 4.78 is 0.813. The SMILES string of the molecule is CC(Nc1cc(Br)ccc1C#N)(C(=O)O)C1CC1. The molecule has 1 aromatic carbocycles. The summed E-state index contributed by atoms with van der Waals surface area (Å²) in [6.07, 6.45) is 1.82. The number of benzene rings is 1. The molecule has 94 valence electrons. The third-order valence-electron chi connectivity index (χ3n) is 3.33. The number of hydrogen-bond donors (Lipinski definition) is 2. The van der Waals surface area contributed by atoms with Gasteiger partial charge in [0.05, 0.1) is 11.3 Å². The van der Waals surface area contributed by atoms with Crippen molar-refractivity contribution in [3.05, 3.63) is 28.2 Å². The zero-order chi connectivity index (χ0) is 13.3. The number of rotatable bonds is 4. The van der Waals surface area contributed by atoms with Crippen LogP contribution in [-0.4, -0.2) is 16.6 Å². The second kappa shape index (κ2) is 4.62. The van der Waals surface area contributed by atoms with Crippen LogP contribution >= 0.6 is 15.9 Å². The number of nitrogens with zero attached hydrogens (tertiary/aromatic N) is 1. The maximum atomic E-state index is 11.4. The predicted octanol–water partition coefficient (Wildman–Crippen LogP) is 2.99. The summed E-state index contributed by atoms with van der Waals surface area (Å²) in [5, 5.41) is 21.5. The maximum Gasteiger partial charge on any atom is 0.329 e. The topological polar surface area (TPSA) is 73.1 Å². The highest BCUT2D eigenvalue weighted by Gasteiger charge is 2.47. The van der Waals surface area contributed by atoms with Crippen LogP contribution in [0.3, 0.4) is 0 Å². The summed E-state index contributed by atoms with van der Waals surface area (Å²) in [7, 11) is 0. The molecule has 0 aromatic heterocycles. The van der Waals surface area contributed by atoms with E-state index in [4.69, 9.17) is 5.26 Å². The first-order chi connectivity index (χ1) is 8.47. The van der Waals surface area contributed by atoms with Gasteiger partial charge in [-0.05, 0) is 43.9 Å². The number of aliphatic carboxylic acids is 1. The molecule has 1 fully saturated rings. The van der Waals surface area contributed by atoms with E-state index in [2.05, 4.69) is 27.3 Å². The van der Waals surface area contributed by atoms with Gasteiger partial charge in [-0.1, -0.05) is 15.9 Å². The lowest BCUT2D eigenvalue weighted by atomic mass is 9.95. The molecule has 0 spiro atoms. The first kappa shape index (κ1) is 12.9. The normalized spacial score (nSPS) is 17.6. The van der Waals surface area contributed by atoms with Crippen LogP contribution < -0.4 is 5.32 Å². The lowest BCUT2D eigenvalue weighted by Gasteiger charge is -2.28. The van der Waals surface area contributed by atoms with Gasteiger partial charge in [-0.25, -0.2) is 4.79 Å². The lowest BCUT2D eigenvalue weighted by Crippen LogP contribution is -2.45. The molecule has 1 aromatic rings. The average molecular weight is 309 g/mol. The highest BCUT2D eigenvalue weighted by molar-refractivity contribution is 9.10. The van der Waals surface area contributed by atoms with Crippen LogP contribution in [0.1, 0.15) is 25.3 Å². The molecule has 0 saturated heterocycles. The van der Waals surface area contributed by atoms with Crippen molar-refractivity contribution in [2.24, 2.45) is 5.92 Å². The van der Waals surface area contributed by atoms with E-state index >= 15 is 0 Å². The zero-order valence-corrected chi connectivity index (χ0v) is 11.5. The van der Waals surface area contributed by atoms with Gasteiger partial charge >= 0.3 is 5.97 Å². The summed E-state index contributed by atoms with van der Waals surface area (Å²) in [5.41, 5.74) is 0.00171.